The highest BCUT2D eigenvalue weighted by Crippen LogP contribution is 2.27. The van der Waals surface area contributed by atoms with Gasteiger partial charge in [0.25, 0.3) is 5.91 Å². The molecule has 0 heterocycles. The Balaban J connectivity index is 2.23. The first-order valence-electron chi connectivity index (χ1n) is 5.19. The van der Waals surface area contributed by atoms with Crippen LogP contribution in [0.4, 0.5) is 5.69 Å². The van der Waals surface area contributed by atoms with Crippen molar-refractivity contribution in [1.82, 2.24) is 0 Å². The lowest BCUT2D eigenvalue weighted by molar-refractivity contribution is 0.102. The second kappa shape index (κ2) is 6.14. The molecule has 2 aromatic carbocycles. The first-order valence-corrected chi connectivity index (χ1v) is 7.11. The van der Waals surface area contributed by atoms with Gasteiger partial charge in [-0.1, -0.05) is 34.8 Å². The molecule has 0 spiro atoms. The Bertz CT molecular complexity index is 646. The number of carbonyl (C=O) groups is 1. The number of hydrogen-bond donors (Lipinski definition) is 1. The van der Waals surface area contributed by atoms with Crippen molar-refractivity contribution in [1.29, 1.82) is 0 Å². The van der Waals surface area contributed by atoms with E-state index < -0.39 is 0 Å². The molecule has 0 aliphatic heterocycles. The van der Waals surface area contributed by atoms with E-state index in [1.54, 1.807) is 36.4 Å². The van der Waals surface area contributed by atoms with E-state index in [1.165, 1.54) is 0 Å². The standard InChI is InChI=1S/C13H7BrCl3NO/c14-9-3-1-7(5-10(9)16)13(19)18-12-4-2-8(15)6-11(12)17/h1-6H,(H,18,19). The number of nitrogens with one attached hydrogen (secondary N) is 1. The smallest absolute Gasteiger partial charge is 0.255 e. The average molecular weight is 379 g/mol. The molecule has 19 heavy (non-hydrogen) atoms. The lowest BCUT2D eigenvalue weighted by Gasteiger charge is -2.08. The molecule has 1 amide bonds. The van der Waals surface area contributed by atoms with Crippen molar-refractivity contribution in [3.8, 4) is 0 Å². The summed E-state index contributed by atoms with van der Waals surface area (Å²) < 4.78 is 0.732. The molecular weight excluding hydrogens is 372 g/mol. The summed E-state index contributed by atoms with van der Waals surface area (Å²) >= 11 is 21.0. The Kier molecular flexibility index (Phi) is 4.74. The lowest BCUT2D eigenvalue weighted by Crippen LogP contribution is -2.12. The molecule has 2 aromatic rings. The van der Waals surface area contributed by atoms with Gasteiger partial charge in [-0.15, -0.1) is 0 Å². The van der Waals surface area contributed by atoms with E-state index >= 15 is 0 Å². The Hall–Kier alpha value is -0.740. The molecule has 2 rings (SSSR count). The van der Waals surface area contributed by atoms with Crippen LogP contribution in [0.25, 0.3) is 0 Å². The fraction of sp³-hybridized carbons (Fsp3) is 0. The quantitative estimate of drug-likeness (QED) is 0.716. The predicted octanol–water partition coefficient (Wildman–Crippen LogP) is 5.66. The average Bonchev–Trinajstić information content (AvgIpc) is 2.36. The zero-order valence-corrected chi connectivity index (χ0v) is 13.2. The fourth-order valence-corrected chi connectivity index (χ4v) is 2.31. The minimum absolute atomic E-state index is 0.293. The second-order valence-electron chi connectivity index (χ2n) is 3.71. The van der Waals surface area contributed by atoms with Crippen molar-refractivity contribution in [2.24, 2.45) is 0 Å². The first-order chi connectivity index (χ1) is 8.97. The van der Waals surface area contributed by atoms with Crippen molar-refractivity contribution in [3.63, 3.8) is 0 Å². The van der Waals surface area contributed by atoms with Crippen molar-refractivity contribution >= 4 is 62.3 Å². The Morgan fingerprint density at radius 2 is 1.74 bits per heavy atom. The molecule has 0 atom stereocenters. The Labute approximate surface area is 133 Å². The maximum Gasteiger partial charge on any atom is 0.255 e. The highest BCUT2D eigenvalue weighted by Gasteiger charge is 2.10. The van der Waals surface area contributed by atoms with E-state index in [0.717, 1.165) is 4.47 Å². The van der Waals surface area contributed by atoms with Gasteiger partial charge < -0.3 is 5.32 Å². The van der Waals surface area contributed by atoms with Gasteiger partial charge >= 0.3 is 0 Å². The third-order valence-corrected chi connectivity index (χ3v) is 4.14. The molecule has 0 fully saturated rings. The molecule has 0 aromatic heterocycles. The van der Waals surface area contributed by atoms with Crippen LogP contribution in [0.15, 0.2) is 40.9 Å². The molecule has 0 unspecified atom stereocenters. The van der Waals surface area contributed by atoms with Crippen LogP contribution in [0, 0.1) is 0 Å². The number of halogens is 4. The number of carbonyl (C=O) groups excluding carboxylic acids is 1. The summed E-state index contributed by atoms with van der Waals surface area (Å²) in [5.41, 5.74) is 0.939. The minimum Gasteiger partial charge on any atom is -0.321 e. The second-order valence-corrected chi connectivity index (χ2v) is 5.81. The monoisotopic (exact) mass is 377 g/mol. The summed E-state index contributed by atoms with van der Waals surface area (Å²) in [5.74, 6) is -0.293. The number of benzene rings is 2. The molecule has 0 saturated heterocycles. The maximum absolute atomic E-state index is 12.0. The van der Waals surface area contributed by atoms with E-state index in [4.69, 9.17) is 34.8 Å². The van der Waals surface area contributed by atoms with Gasteiger partial charge in [-0.05, 0) is 52.3 Å². The van der Waals surface area contributed by atoms with Crippen LogP contribution in [0.2, 0.25) is 15.1 Å². The summed E-state index contributed by atoms with van der Waals surface area (Å²) in [6, 6.07) is 9.80. The van der Waals surface area contributed by atoms with E-state index in [2.05, 4.69) is 21.2 Å². The van der Waals surface area contributed by atoms with E-state index in [1.807, 2.05) is 0 Å². The predicted molar refractivity (Wildman–Crippen MR) is 83.6 cm³/mol. The van der Waals surface area contributed by atoms with Crippen LogP contribution in [0.5, 0.6) is 0 Å². The summed E-state index contributed by atoms with van der Waals surface area (Å²) in [5, 5.41) is 4.05. The highest BCUT2D eigenvalue weighted by atomic mass is 79.9. The number of amides is 1. The molecule has 0 aliphatic carbocycles. The normalized spacial score (nSPS) is 10.3. The van der Waals surface area contributed by atoms with Gasteiger partial charge in [0, 0.05) is 15.1 Å². The molecule has 2 nitrogen and oxygen atoms in total. The lowest BCUT2D eigenvalue weighted by atomic mass is 10.2. The number of rotatable bonds is 2. The van der Waals surface area contributed by atoms with Gasteiger partial charge in [0.2, 0.25) is 0 Å². The van der Waals surface area contributed by atoms with Crippen molar-refractivity contribution in [2.75, 3.05) is 5.32 Å². The fourth-order valence-electron chi connectivity index (χ4n) is 1.42. The molecule has 6 heteroatoms. The van der Waals surface area contributed by atoms with E-state index in [9.17, 15) is 4.79 Å². The van der Waals surface area contributed by atoms with Crippen molar-refractivity contribution < 1.29 is 4.79 Å². The molecule has 0 radical (unpaired) electrons. The molecule has 98 valence electrons. The Morgan fingerprint density at radius 1 is 1.00 bits per heavy atom. The topological polar surface area (TPSA) is 29.1 Å². The summed E-state index contributed by atoms with van der Waals surface area (Å²) in [6.07, 6.45) is 0. The molecular formula is C13H7BrCl3NO. The van der Waals surface area contributed by atoms with Crippen molar-refractivity contribution in [2.45, 2.75) is 0 Å². The molecule has 0 bridgehead atoms. The number of hydrogen-bond acceptors (Lipinski definition) is 1. The first kappa shape index (κ1) is 14.7. The van der Waals surface area contributed by atoms with Crippen LogP contribution < -0.4 is 5.32 Å². The van der Waals surface area contributed by atoms with Gasteiger partial charge in [0.15, 0.2) is 0 Å². The number of anilines is 1. The highest BCUT2D eigenvalue weighted by molar-refractivity contribution is 9.10. The van der Waals surface area contributed by atoms with Crippen molar-refractivity contribution in [3.05, 3.63) is 61.5 Å². The van der Waals surface area contributed by atoms with Crippen LogP contribution in [-0.2, 0) is 0 Å². The van der Waals surface area contributed by atoms with Gasteiger partial charge in [0.05, 0.1) is 15.7 Å². The zero-order valence-electron chi connectivity index (χ0n) is 9.38. The third kappa shape index (κ3) is 3.63. The van der Waals surface area contributed by atoms with E-state index in [-0.39, 0.29) is 5.91 Å². The van der Waals surface area contributed by atoms with Gasteiger partial charge in [-0.3, -0.25) is 4.79 Å². The van der Waals surface area contributed by atoms with Crippen LogP contribution in [0.1, 0.15) is 10.4 Å². The summed E-state index contributed by atoms with van der Waals surface area (Å²) in [6.45, 7) is 0. The molecule has 0 aliphatic rings. The van der Waals surface area contributed by atoms with Crippen LogP contribution >= 0.6 is 50.7 Å². The van der Waals surface area contributed by atoms with E-state index in [0.29, 0.717) is 26.3 Å². The maximum atomic E-state index is 12.0. The Morgan fingerprint density at radius 3 is 2.37 bits per heavy atom. The van der Waals surface area contributed by atoms with Gasteiger partial charge in [0.1, 0.15) is 0 Å². The van der Waals surface area contributed by atoms with Crippen LogP contribution in [-0.4, -0.2) is 5.91 Å². The third-order valence-electron chi connectivity index (χ3n) is 2.36. The van der Waals surface area contributed by atoms with Crippen LogP contribution in [0.3, 0.4) is 0 Å². The van der Waals surface area contributed by atoms with Gasteiger partial charge in [-0.2, -0.15) is 0 Å². The molecule has 0 saturated carbocycles. The van der Waals surface area contributed by atoms with Gasteiger partial charge in [-0.25, -0.2) is 0 Å². The summed E-state index contributed by atoms with van der Waals surface area (Å²) in [7, 11) is 0. The largest absolute Gasteiger partial charge is 0.321 e. The zero-order chi connectivity index (χ0) is 14.0. The SMILES string of the molecule is O=C(Nc1ccc(Cl)cc1Cl)c1ccc(Br)c(Cl)c1. The summed E-state index contributed by atoms with van der Waals surface area (Å²) in [4.78, 5) is 12.0. The molecule has 1 N–H and O–H groups in total. The minimum atomic E-state index is -0.293.